The SMILES string of the molecule is O=[N+]([O-])O.[Co].[LiH].[Ni]. The Kier molecular flexibility index (Phi) is 56.5. The molecule has 7 heavy (non-hydrogen) atoms. The zero-order valence-corrected chi connectivity index (χ0v) is 4.39. The van der Waals surface area contributed by atoms with E-state index in [2.05, 4.69) is 0 Å². The van der Waals surface area contributed by atoms with Gasteiger partial charge in [0.15, 0.2) is 0 Å². The van der Waals surface area contributed by atoms with Gasteiger partial charge in [-0.1, -0.05) is 0 Å². The molecule has 0 spiro atoms. The first kappa shape index (κ1) is 25.0. The molecule has 7 heteroatoms. The summed E-state index contributed by atoms with van der Waals surface area (Å²) in [6, 6.07) is 0. The second kappa shape index (κ2) is 15.8. The van der Waals surface area contributed by atoms with E-state index in [0.717, 1.165) is 0 Å². The van der Waals surface area contributed by atoms with E-state index in [1.165, 1.54) is 0 Å². The third-order valence-corrected chi connectivity index (χ3v) is 0. The Morgan fingerprint density at radius 2 is 1.57 bits per heavy atom. The quantitative estimate of drug-likeness (QED) is 0.301. The summed E-state index contributed by atoms with van der Waals surface area (Å²) in [7, 11) is 0. The van der Waals surface area contributed by atoms with Crippen molar-refractivity contribution in [2.24, 2.45) is 0 Å². The van der Waals surface area contributed by atoms with E-state index in [1.807, 2.05) is 0 Å². The van der Waals surface area contributed by atoms with Gasteiger partial charge in [-0.2, -0.15) is 0 Å². The summed E-state index contributed by atoms with van der Waals surface area (Å²) in [6.07, 6.45) is 0. The van der Waals surface area contributed by atoms with Crippen LogP contribution < -0.4 is 0 Å². The van der Waals surface area contributed by atoms with Crippen LogP contribution in [0, 0.1) is 10.1 Å². The van der Waals surface area contributed by atoms with Crippen LogP contribution in [0.25, 0.3) is 0 Å². The van der Waals surface area contributed by atoms with E-state index in [9.17, 15) is 0 Å². The van der Waals surface area contributed by atoms with Crippen LogP contribution in [0.4, 0.5) is 0 Å². The number of rotatable bonds is 0. The molecule has 0 aliphatic carbocycles. The van der Waals surface area contributed by atoms with Crippen LogP contribution in [-0.2, 0) is 33.3 Å². The number of nitrogens with zero attached hydrogens (tertiary/aromatic N) is 1. The molecule has 0 amide bonds. The van der Waals surface area contributed by atoms with Crippen molar-refractivity contribution in [3.63, 3.8) is 0 Å². The largest absolute Gasteiger partial charge is 0 e. The molecule has 0 unspecified atom stereocenters. The average molecular weight is 189 g/mol. The molecule has 0 aromatic rings. The maximum Gasteiger partial charge on any atom is 0 e. The third kappa shape index (κ3) is 246. The van der Waals surface area contributed by atoms with Crippen LogP contribution >= 0.6 is 0 Å². The molecule has 0 saturated heterocycles. The second-order valence-electron chi connectivity index (χ2n) is 0.238. The molecule has 0 rings (SSSR count). The van der Waals surface area contributed by atoms with Crippen LogP contribution in [0.1, 0.15) is 0 Å². The summed E-state index contributed by atoms with van der Waals surface area (Å²) in [4.78, 5) is 8.36. The Morgan fingerprint density at radius 1 is 1.57 bits per heavy atom. The Bertz CT molecular complexity index is 37.9. The zero-order valence-electron chi connectivity index (χ0n) is 2.36. The molecule has 0 aliphatic rings. The van der Waals surface area contributed by atoms with Gasteiger partial charge < -0.3 is 5.21 Å². The second-order valence-corrected chi connectivity index (χ2v) is 0.238. The van der Waals surface area contributed by atoms with E-state index in [4.69, 9.17) is 15.3 Å². The third-order valence-electron chi connectivity index (χ3n) is 0. The minimum atomic E-state index is -1.50. The number of hydrogen-bond acceptors (Lipinski definition) is 2. The predicted octanol–water partition coefficient (Wildman–Crippen LogP) is -1.00. The van der Waals surface area contributed by atoms with E-state index in [-0.39, 0.29) is 52.1 Å². The van der Waals surface area contributed by atoms with Gasteiger partial charge in [0.05, 0.1) is 0 Å². The smallest absolute Gasteiger partial charge is 0 e. The van der Waals surface area contributed by atoms with Crippen molar-refractivity contribution in [1.29, 1.82) is 0 Å². The van der Waals surface area contributed by atoms with Crippen LogP contribution in [0.5, 0.6) is 0 Å². The first-order valence-electron chi connectivity index (χ1n) is 0.565. The van der Waals surface area contributed by atoms with Gasteiger partial charge in [0.2, 0.25) is 0 Å². The van der Waals surface area contributed by atoms with Gasteiger partial charge in [-0.15, -0.1) is 10.1 Å². The summed E-state index contributed by atoms with van der Waals surface area (Å²) in [6.45, 7) is 0. The monoisotopic (exact) mass is 188 g/mol. The summed E-state index contributed by atoms with van der Waals surface area (Å²) in [5, 5.41) is 13.6. The molecule has 45 valence electrons. The van der Waals surface area contributed by atoms with Crippen molar-refractivity contribution in [3.8, 4) is 0 Å². The normalized spacial score (nSPS) is 3.43. The maximum absolute atomic E-state index is 8.36. The standard InChI is InChI=1S/Co.Li.HNO3.Ni.H/c;;2-1(3)4;;/h;;(H,2,3,4);;. The molecule has 0 aromatic heterocycles. The fourth-order valence-corrected chi connectivity index (χ4v) is 0. The van der Waals surface area contributed by atoms with Crippen molar-refractivity contribution in [2.45, 2.75) is 0 Å². The first-order valence-corrected chi connectivity index (χ1v) is 0.565. The van der Waals surface area contributed by atoms with Crippen LogP contribution in [0.15, 0.2) is 0 Å². The van der Waals surface area contributed by atoms with Crippen LogP contribution in [-0.4, -0.2) is 29.2 Å². The molecular formula is H2CoLiNNiO3. The first-order chi connectivity index (χ1) is 1.73. The summed E-state index contributed by atoms with van der Waals surface area (Å²) >= 11 is 0. The van der Waals surface area contributed by atoms with Gasteiger partial charge in [0.1, 0.15) is 0 Å². The van der Waals surface area contributed by atoms with Crippen molar-refractivity contribution in [3.05, 3.63) is 10.1 Å². The van der Waals surface area contributed by atoms with Gasteiger partial charge in [-0.3, -0.25) is 0 Å². The molecular weight excluding hydrogens is 187 g/mol. The Morgan fingerprint density at radius 3 is 1.57 bits per heavy atom. The molecule has 0 aliphatic heterocycles. The molecule has 4 nitrogen and oxygen atoms in total. The average Bonchev–Trinajstić information content (AvgIpc) is 0.811. The summed E-state index contributed by atoms with van der Waals surface area (Å²) in [5.41, 5.74) is 0. The minimum absolute atomic E-state index is 0. The summed E-state index contributed by atoms with van der Waals surface area (Å²) in [5.74, 6) is 0. The summed E-state index contributed by atoms with van der Waals surface area (Å²) < 4.78 is 0. The van der Waals surface area contributed by atoms with Crippen molar-refractivity contribution in [2.75, 3.05) is 0 Å². The fraction of sp³-hybridized carbons (Fsp3) is 0. The van der Waals surface area contributed by atoms with Gasteiger partial charge in [-0.25, -0.2) is 0 Å². The number of hydrogen-bond donors (Lipinski definition) is 1. The van der Waals surface area contributed by atoms with Crippen molar-refractivity contribution in [1.82, 2.24) is 0 Å². The Labute approximate surface area is 72.4 Å². The van der Waals surface area contributed by atoms with Crippen LogP contribution in [0.2, 0.25) is 0 Å². The van der Waals surface area contributed by atoms with E-state index >= 15 is 0 Å². The molecule has 0 aromatic carbocycles. The minimum Gasteiger partial charge on any atom is 0 e. The van der Waals surface area contributed by atoms with E-state index < -0.39 is 5.09 Å². The molecule has 0 fully saturated rings. The topological polar surface area (TPSA) is 63.4 Å². The van der Waals surface area contributed by atoms with Crippen molar-refractivity contribution >= 4 is 18.9 Å². The van der Waals surface area contributed by atoms with E-state index in [1.54, 1.807) is 0 Å². The maximum atomic E-state index is 8.36. The van der Waals surface area contributed by atoms with Gasteiger partial charge in [-0.05, 0) is 0 Å². The molecule has 1 radical (unpaired) electrons. The van der Waals surface area contributed by atoms with Crippen LogP contribution in [0.3, 0.4) is 0 Å². The van der Waals surface area contributed by atoms with Gasteiger partial charge >= 0.3 is 18.9 Å². The molecule has 0 bridgehead atoms. The fourth-order valence-electron chi connectivity index (χ4n) is 0. The van der Waals surface area contributed by atoms with Gasteiger partial charge in [0, 0.05) is 33.3 Å². The molecule has 0 atom stereocenters. The molecule has 0 heterocycles. The molecule has 1 N–H and O–H groups in total. The Hall–Kier alpha value is 0.797. The zero-order chi connectivity index (χ0) is 3.58. The Balaban J connectivity index is -0.0000000150. The molecule has 0 saturated carbocycles. The van der Waals surface area contributed by atoms with Gasteiger partial charge in [0.25, 0.3) is 5.09 Å². The predicted molar refractivity (Wildman–Crippen MR) is 15.9 cm³/mol. The van der Waals surface area contributed by atoms with E-state index in [0.29, 0.717) is 0 Å². The van der Waals surface area contributed by atoms with Crippen molar-refractivity contribution < 1.29 is 43.6 Å².